The number of ether oxygens (including phenoxy) is 2. The molecule has 0 unspecified atom stereocenters. The Balaban J connectivity index is 1.20. The number of anilines is 2. The van der Waals surface area contributed by atoms with E-state index in [9.17, 15) is 22.8 Å². The minimum Gasteiger partial charge on any atom is -0.469 e. The Kier molecular flexibility index (Phi) is 13.1. The Morgan fingerprint density at radius 3 is 2.08 bits per heavy atom. The molecule has 0 atom stereocenters. The first-order valence-corrected chi connectivity index (χ1v) is 19.1. The molecule has 2 N–H and O–H groups in total. The van der Waals surface area contributed by atoms with Gasteiger partial charge in [0.1, 0.15) is 0 Å². The number of sulfonamides is 1. The zero-order chi connectivity index (χ0) is 37.3. The zero-order valence-corrected chi connectivity index (χ0v) is 31.1. The van der Waals surface area contributed by atoms with Gasteiger partial charge in [-0.2, -0.15) is 4.31 Å². The lowest BCUT2D eigenvalue weighted by Gasteiger charge is -2.34. The highest BCUT2D eigenvalue weighted by Gasteiger charge is 2.35. The van der Waals surface area contributed by atoms with Crippen LogP contribution in [0.15, 0.2) is 95.9 Å². The van der Waals surface area contributed by atoms with Gasteiger partial charge in [0.15, 0.2) is 0 Å². The van der Waals surface area contributed by atoms with E-state index in [1.54, 1.807) is 49.4 Å². The standard InChI is InChI=1S/C40H44ClN3O7S/c1-4-44(35-21-16-30(17-22-35)40(47)51-3)52(48,49)36-7-5-6-31(25-36)38(45)43-37-23-18-33(41)24-32(37)26-42-34-19-12-28(13-20-34)9-8-27-10-14-29(15-11-27)39(46)50-2/h5-7,10-15,18-20,23-25,30,35,42H,4,8-9,16-17,21-22,26H2,1-3H3,(H,43,45). The number of nitrogens with zero attached hydrogens (tertiary/aromatic N) is 1. The van der Waals surface area contributed by atoms with Gasteiger partial charge in [-0.25, -0.2) is 13.2 Å². The molecule has 12 heteroatoms. The van der Waals surface area contributed by atoms with Crippen molar-refractivity contribution < 1.29 is 32.3 Å². The molecule has 0 aliphatic heterocycles. The summed E-state index contributed by atoms with van der Waals surface area (Å²) in [6, 6.07) is 26.5. The van der Waals surface area contributed by atoms with Crippen LogP contribution in [0.5, 0.6) is 0 Å². The first-order valence-electron chi connectivity index (χ1n) is 17.3. The van der Waals surface area contributed by atoms with E-state index < -0.39 is 15.9 Å². The number of halogens is 1. The number of carbonyl (C=O) groups excluding carboxylic acids is 3. The van der Waals surface area contributed by atoms with Crippen molar-refractivity contribution >= 4 is 50.8 Å². The minimum absolute atomic E-state index is 0.0370. The quantitative estimate of drug-likeness (QED) is 0.127. The van der Waals surface area contributed by atoms with Gasteiger partial charge in [0.05, 0.1) is 30.6 Å². The summed E-state index contributed by atoms with van der Waals surface area (Å²) in [6.45, 7) is 2.44. The van der Waals surface area contributed by atoms with E-state index in [0.717, 1.165) is 35.2 Å². The van der Waals surface area contributed by atoms with Crippen LogP contribution in [0.2, 0.25) is 5.02 Å². The average molecular weight is 746 g/mol. The molecule has 52 heavy (non-hydrogen) atoms. The summed E-state index contributed by atoms with van der Waals surface area (Å²) < 4.78 is 38.7. The molecule has 1 aliphatic rings. The number of hydrogen-bond donors (Lipinski definition) is 2. The Morgan fingerprint density at radius 2 is 1.46 bits per heavy atom. The van der Waals surface area contributed by atoms with E-state index in [4.69, 9.17) is 21.1 Å². The maximum Gasteiger partial charge on any atom is 0.337 e. The lowest BCUT2D eigenvalue weighted by atomic mass is 9.86. The summed E-state index contributed by atoms with van der Waals surface area (Å²) in [5, 5.41) is 6.84. The molecule has 1 fully saturated rings. The monoisotopic (exact) mass is 745 g/mol. The Hall–Kier alpha value is -4.71. The Labute approximate surface area is 310 Å². The number of esters is 2. The van der Waals surface area contributed by atoms with Crippen LogP contribution < -0.4 is 10.6 Å². The summed E-state index contributed by atoms with van der Waals surface area (Å²) in [4.78, 5) is 37.2. The van der Waals surface area contributed by atoms with Crippen LogP contribution in [0, 0.1) is 5.92 Å². The van der Waals surface area contributed by atoms with E-state index in [1.807, 2.05) is 24.3 Å². The van der Waals surface area contributed by atoms with E-state index in [2.05, 4.69) is 22.8 Å². The lowest BCUT2D eigenvalue weighted by molar-refractivity contribution is -0.146. The highest BCUT2D eigenvalue weighted by atomic mass is 35.5. The maximum absolute atomic E-state index is 13.8. The molecule has 1 amide bonds. The molecule has 0 spiro atoms. The molecule has 0 heterocycles. The number of methoxy groups -OCH3 is 2. The molecule has 0 saturated heterocycles. The third-order valence-electron chi connectivity index (χ3n) is 9.48. The second-order valence-electron chi connectivity index (χ2n) is 12.8. The summed E-state index contributed by atoms with van der Waals surface area (Å²) in [5.74, 6) is -1.28. The van der Waals surface area contributed by atoms with Crippen molar-refractivity contribution in [3.8, 4) is 0 Å². The van der Waals surface area contributed by atoms with Crippen molar-refractivity contribution in [1.82, 2.24) is 4.31 Å². The number of nitrogens with one attached hydrogen (secondary N) is 2. The van der Waals surface area contributed by atoms with Gasteiger partial charge in [-0.3, -0.25) is 9.59 Å². The van der Waals surface area contributed by atoms with Gasteiger partial charge in [0.25, 0.3) is 5.91 Å². The molecule has 0 bridgehead atoms. The van der Waals surface area contributed by atoms with Crippen LogP contribution in [-0.4, -0.2) is 57.4 Å². The van der Waals surface area contributed by atoms with E-state index in [0.29, 0.717) is 48.5 Å². The Morgan fingerprint density at radius 1 is 0.808 bits per heavy atom. The predicted octanol–water partition coefficient (Wildman–Crippen LogP) is 7.52. The van der Waals surface area contributed by atoms with Crippen LogP contribution in [0.25, 0.3) is 0 Å². The highest BCUT2D eigenvalue weighted by Crippen LogP contribution is 2.32. The first-order chi connectivity index (χ1) is 25.0. The molecular weight excluding hydrogens is 702 g/mol. The van der Waals surface area contributed by atoms with Gasteiger partial charge < -0.3 is 20.1 Å². The van der Waals surface area contributed by atoms with Crippen molar-refractivity contribution in [2.75, 3.05) is 31.4 Å². The van der Waals surface area contributed by atoms with Gasteiger partial charge >= 0.3 is 11.9 Å². The van der Waals surface area contributed by atoms with Crippen molar-refractivity contribution in [3.05, 3.63) is 124 Å². The van der Waals surface area contributed by atoms with Crippen LogP contribution in [0.4, 0.5) is 11.4 Å². The van der Waals surface area contributed by atoms with Crippen LogP contribution in [-0.2, 0) is 43.7 Å². The minimum atomic E-state index is -3.91. The third-order valence-corrected chi connectivity index (χ3v) is 11.7. The largest absolute Gasteiger partial charge is 0.469 e. The second kappa shape index (κ2) is 17.7. The van der Waals surface area contributed by atoms with Gasteiger partial charge in [-0.05, 0) is 116 Å². The van der Waals surface area contributed by atoms with Gasteiger partial charge in [-0.15, -0.1) is 0 Å². The number of hydrogen-bond acceptors (Lipinski definition) is 8. The molecule has 4 aromatic carbocycles. The SMILES string of the molecule is CCN(C1CCC(C(=O)OC)CC1)S(=O)(=O)c1cccc(C(=O)Nc2ccc(Cl)cc2CNc2ccc(CCc3ccc(C(=O)OC)cc3)cc2)c1. The van der Waals surface area contributed by atoms with Crippen LogP contribution in [0.1, 0.15) is 70.0 Å². The van der Waals surface area contributed by atoms with Gasteiger partial charge in [-0.1, -0.05) is 48.9 Å². The number of amides is 1. The van der Waals surface area contributed by atoms with Crippen LogP contribution in [0.3, 0.4) is 0 Å². The fraction of sp³-hybridized carbons (Fsp3) is 0.325. The smallest absolute Gasteiger partial charge is 0.337 e. The molecular formula is C40H44ClN3O7S. The second-order valence-corrected chi connectivity index (χ2v) is 15.1. The number of rotatable bonds is 14. The molecule has 1 aliphatic carbocycles. The van der Waals surface area contributed by atoms with Gasteiger partial charge in [0.2, 0.25) is 10.0 Å². The van der Waals surface area contributed by atoms with Crippen molar-refractivity contribution in [1.29, 1.82) is 0 Å². The van der Waals surface area contributed by atoms with Crippen molar-refractivity contribution in [3.63, 3.8) is 0 Å². The Bertz CT molecular complexity index is 1980. The fourth-order valence-corrected chi connectivity index (χ4v) is 8.48. The molecule has 10 nitrogen and oxygen atoms in total. The summed E-state index contributed by atoms with van der Waals surface area (Å²) >= 11 is 6.34. The highest BCUT2D eigenvalue weighted by molar-refractivity contribution is 7.89. The number of benzene rings is 4. The summed E-state index contributed by atoms with van der Waals surface area (Å²) in [7, 11) is -1.18. The van der Waals surface area contributed by atoms with E-state index in [-0.39, 0.29) is 40.9 Å². The molecule has 5 rings (SSSR count). The van der Waals surface area contributed by atoms with Crippen LogP contribution >= 0.6 is 11.6 Å². The molecule has 0 aromatic heterocycles. The summed E-state index contributed by atoms with van der Waals surface area (Å²) in [5.41, 5.74) is 5.20. The molecule has 1 saturated carbocycles. The maximum atomic E-state index is 13.8. The summed E-state index contributed by atoms with van der Waals surface area (Å²) in [6.07, 6.45) is 3.89. The first kappa shape index (κ1) is 38.5. The predicted molar refractivity (Wildman–Crippen MR) is 202 cm³/mol. The topological polar surface area (TPSA) is 131 Å². The van der Waals surface area contributed by atoms with E-state index >= 15 is 0 Å². The van der Waals surface area contributed by atoms with Crippen molar-refractivity contribution in [2.24, 2.45) is 5.92 Å². The molecule has 4 aromatic rings. The fourth-order valence-electron chi connectivity index (χ4n) is 6.55. The molecule has 274 valence electrons. The van der Waals surface area contributed by atoms with E-state index in [1.165, 1.54) is 30.7 Å². The normalized spacial score (nSPS) is 15.9. The average Bonchev–Trinajstić information content (AvgIpc) is 3.17. The lowest BCUT2D eigenvalue weighted by Crippen LogP contribution is -2.43. The number of aryl methyl sites for hydroxylation is 2. The third kappa shape index (κ3) is 9.58. The van der Waals surface area contributed by atoms with Crippen molar-refractivity contribution in [2.45, 2.75) is 62.9 Å². The zero-order valence-electron chi connectivity index (χ0n) is 29.6. The molecule has 0 radical (unpaired) electrons. The number of carbonyl (C=O) groups is 3. The van der Waals surface area contributed by atoms with Gasteiger partial charge in [0, 0.05) is 41.1 Å².